The number of halogens is 1. The highest BCUT2D eigenvalue weighted by Crippen LogP contribution is 2.14. The molecule has 1 saturated heterocycles. The number of rotatable bonds is 8. The standard InChI is InChI=1S/C24H33N5O2.HI/c1-25-24(27-15-14-26-23(30)20-8-10-22(31-2)11-9-20)28-21-12-16-29(17-13-21)18-19-6-4-3-5-7-19;/h3-11,21H,12-18H2,1-2H3,(H,26,30)(H2,25,27,28);1H. The molecule has 8 heteroatoms. The molecule has 0 unspecified atom stereocenters. The van der Waals surface area contributed by atoms with Crippen LogP contribution in [0, 0.1) is 0 Å². The number of likely N-dealkylation sites (tertiary alicyclic amines) is 1. The summed E-state index contributed by atoms with van der Waals surface area (Å²) >= 11 is 0. The van der Waals surface area contributed by atoms with Crippen molar-refractivity contribution in [3.05, 3.63) is 65.7 Å². The number of methoxy groups -OCH3 is 1. The first kappa shape index (κ1) is 25.9. The van der Waals surface area contributed by atoms with Gasteiger partial charge in [0.15, 0.2) is 5.96 Å². The van der Waals surface area contributed by atoms with Gasteiger partial charge in [-0.3, -0.25) is 14.7 Å². The predicted octanol–water partition coefficient (Wildman–Crippen LogP) is 2.87. The second kappa shape index (κ2) is 13.9. The first-order valence-electron chi connectivity index (χ1n) is 10.8. The highest BCUT2D eigenvalue weighted by atomic mass is 127. The van der Waals surface area contributed by atoms with Gasteiger partial charge in [0.2, 0.25) is 0 Å². The lowest BCUT2D eigenvalue weighted by atomic mass is 10.0. The highest BCUT2D eigenvalue weighted by molar-refractivity contribution is 14.0. The molecule has 0 atom stereocenters. The molecule has 3 N–H and O–H groups in total. The molecule has 3 rings (SSSR count). The Balaban J connectivity index is 0.00000363. The number of carbonyl (C=O) groups excluding carboxylic acids is 1. The summed E-state index contributed by atoms with van der Waals surface area (Å²) in [5, 5.41) is 9.71. The SMILES string of the molecule is CN=C(NCCNC(=O)c1ccc(OC)cc1)NC1CCN(Cc2ccccc2)CC1.I. The topological polar surface area (TPSA) is 78.0 Å². The largest absolute Gasteiger partial charge is 0.497 e. The van der Waals surface area contributed by atoms with Gasteiger partial charge in [-0.25, -0.2) is 0 Å². The molecule has 1 fully saturated rings. The van der Waals surface area contributed by atoms with Gasteiger partial charge in [-0.15, -0.1) is 24.0 Å². The summed E-state index contributed by atoms with van der Waals surface area (Å²) in [4.78, 5) is 19.0. The number of guanidine groups is 1. The molecule has 2 aromatic rings. The van der Waals surface area contributed by atoms with Crippen LogP contribution in [-0.4, -0.2) is 63.1 Å². The van der Waals surface area contributed by atoms with Gasteiger partial charge in [0.1, 0.15) is 5.75 Å². The molecule has 7 nitrogen and oxygen atoms in total. The van der Waals surface area contributed by atoms with Crippen molar-refractivity contribution in [2.45, 2.75) is 25.4 Å². The summed E-state index contributed by atoms with van der Waals surface area (Å²) in [5.41, 5.74) is 1.98. The Morgan fingerprint density at radius 1 is 1.03 bits per heavy atom. The number of nitrogens with one attached hydrogen (secondary N) is 3. The number of hydrogen-bond acceptors (Lipinski definition) is 4. The van der Waals surface area contributed by atoms with Crippen LogP contribution in [-0.2, 0) is 6.54 Å². The Morgan fingerprint density at radius 3 is 2.31 bits per heavy atom. The van der Waals surface area contributed by atoms with Crippen LogP contribution in [0.2, 0.25) is 0 Å². The molecule has 1 heterocycles. The minimum absolute atomic E-state index is 0. The van der Waals surface area contributed by atoms with E-state index < -0.39 is 0 Å². The third kappa shape index (κ3) is 8.31. The Hall–Kier alpha value is -2.33. The van der Waals surface area contributed by atoms with Crippen LogP contribution in [0.15, 0.2) is 59.6 Å². The second-order valence-electron chi connectivity index (χ2n) is 7.66. The zero-order chi connectivity index (χ0) is 21.9. The van der Waals surface area contributed by atoms with Crippen molar-refractivity contribution >= 4 is 35.8 Å². The van der Waals surface area contributed by atoms with E-state index in [-0.39, 0.29) is 29.9 Å². The zero-order valence-electron chi connectivity index (χ0n) is 18.8. The van der Waals surface area contributed by atoms with Crippen molar-refractivity contribution in [3.8, 4) is 5.75 Å². The molecule has 0 spiro atoms. The van der Waals surface area contributed by atoms with Gasteiger partial charge in [0.05, 0.1) is 7.11 Å². The van der Waals surface area contributed by atoms with Gasteiger partial charge in [-0.2, -0.15) is 0 Å². The molecule has 2 aromatic carbocycles. The summed E-state index contributed by atoms with van der Waals surface area (Å²) in [5.74, 6) is 1.41. The summed E-state index contributed by atoms with van der Waals surface area (Å²) in [7, 11) is 3.38. The molecule has 174 valence electrons. The van der Waals surface area contributed by atoms with Crippen molar-refractivity contribution in [2.75, 3.05) is 40.3 Å². The van der Waals surface area contributed by atoms with E-state index in [9.17, 15) is 4.79 Å². The van der Waals surface area contributed by atoms with Gasteiger partial charge in [-0.05, 0) is 42.7 Å². The molecule has 32 heavy (non-hydrogen) atoms. The van der Waals surface area contributed by atoms with Crippen LogP contribution in [0.4, 0.5) is 0 Å². The lowest BCUT2D eigenvalue weighted by Crippen LogP contribution is -2.49. The molecular weight excluding hydrogens is 517 g/mol. The van der Waals surface area contributed by atoms with E-state index in [1.807, 2.05) is 0 Å². The number of benzene rings is 2. The van der Waals surface area contributed by atoms with Gasteiger partial charge < -0.3 is 20.7 Å². The molecule has 0 saturated carbocycles. The Kier molecular flexibility index (Phi) is 11.3. The Bertz CT molecular complexity index is 837. The summed E-state index contributed by atoms with van der Waals surface area (Å²) in [6.07, 6.45) is 2.17. The lowest BCUT2D eigenvalue weighted by molar-refractivity contribution is 0.0954. The van der Waals surface area contributed by atoms with Gasteiger partial charge >= 0.3 is 0 Å². The summed E-state index contributed by atoms with van der Waals surface area (Å²) in [6.45, 7) is 4.27. The minimum atomic E-state index is -0.0989. The smallest absolute Gasteiger partial charge is 0.251 e. The van der Waals surface area contributed by atoms with E-state index in [1.54, 1.807) is 38.4 Å². The van der Waals surface area contributed by atoms with E-state index in [0.717, 1.165) is 44.2 Å². The molecule has 1 aliphatic heterocycles. The maximum Gasteiger partial charge on any atom is 0.251 e. The average Bonchev–Trinajstić information content (AvgIpc) is 2.82. The van der Waals surface area contributed by atoms with E-state index in [1.165, 1.54) is 5.56 Å². The number of aliphatic imine (C=N–C) groups is 1. The quantitative estimate of drug-likeness (QED) is 0.204. The first-order chi connectivity index (χ1) is 15.2. The fourth-order valence-electron chi connectivity index (χ4n) is 3.67. The fourth-order valence-corrected chi connectivity index (χ4v) is 3.67. The van der Waals surface area contributed by atoms with E-state index >= 15 is 0 Å². The summed E-state index contributed by atoms with van der Waals surface area (Å²) in [6, 6.07) is 18.1. The van der Waals surface area contributed by atoms with Crippen LogP contribution in [0.1, 0.15) is 28.8 Å². The lowest BCUT2D eigenvalue weighted by Gasteiger charge is -2.33. The molecular formula is C24H34IN5O2. The van der Waals surface area contributed by atoms with Crippen molar-refractivity contribution in [1.29, 1.82) is 0 Å². The monoisotopic (exact) mass is 551 g/mol. The number of ether oxygens (including phenoxy) is 1. The molecule has 1 amide bonds. The number of hydrogen-bond donors (Lipinski definition) is 3. The van der Waals surface area contributed by atoms with Crippen molar-refractivity contribution in [2.24, 2.45) is 4.99 Å². The maximum absolute atomic E-state index is 12.2. The molecule has 1 aliphatic rings. The molecule has 0 aromatic heterocycles. The van der Waals surface area contributed by atoms with Crippen molar-refractivity contribution in [1.82, 2.24) is 20.9 Å². The van der Waals surface area contributed by atoms with Gasteiger partial charge in [0, 0.05) is 51.4 Å². The van der Waals surface area contributed by atoms with Crippen molar-refractivity contribution < 1.29 is 9.53 Å². The number of nitrogens with zero attached hydrogens (tertiary/aromatic N) is 2. The molecule has 0 aliphatic carbocycles. The first-order valence-corrected chi connectivity index (χ1v) is 10.8. The van der Waals surface area contributed by atoms with E-state index in [0.29, 0.717) is 24.7 Å². The zero-order valence-corrected chi connectivity index (χ0v) is 21.2. The van der Waals surface area contributed by atoms with Gasteiger partial charge in [-0.1, -0.05) is 30.3 Å². The summed E-state index contributed by atoms with van der Waals surface area (Å²) < 4.78 is 5.12. The fraction of sp³-hybridized carbons (Fsp3) is 0.417. The van der Waals surface area contributed by atoms with Crippen molar-refractivity contribution in [3.63, 3.8) is 0 Å². The minimum Gasteiger partial charge on any atom is -0.497 e. The maximum atomic E-state index is 12.2. The number of piperidine rings is 1. The van der Waals surface area contributed by atoms with Crippen LogP contribution in [0.3, 0.4) is 0 Å². The van der Waals surface area contributed by atoms with E-state index in [2.05, 4.69) is 56.2 Å². The third-order valence-electron chi connectivity index (χ3n) is 5.46. The molecule has 0 bridgehead atoms. The Labute approximate surface area is 208 Å². The third-order valence-corrected chi connectivity index (χ3v) is 5.46. The second-order valence-corrected chi connectivity index (χ2v) is 7.66. The van der Waals surface area contributed by atoms with Gasteiger partial charge in [0.25, 0.3) is 5.91 Å². The molecule has 0 radical (unpaired) electrons. The van der Waals surface area contributed by atoms with E-state index in [4.69, 9.17) is 4.74 Å². The number of carbonyl (C=O) groups is 1. The normalized spacial score (nSPS) is 14.9. The Morgan fingerprint density at radius 2 is 1.69 bits per heavy atom. The van der Waals surface area contributed by atoms with Crippen LogP contribution < -0.4 is 20.7 Å². The highest BCUT2D eigenvalue weighted by Gasteiger charge is 2.20. The van der Waals surface area contributed by atoms with Crippen LogP contribution >= 0.6 is 24.0 Å². The van der Waals surface area contributed by atoms with Crippen LogP contribution in [0.25, 0.3) is 0 Å². The average molecular weight is 551 g/mol. The van der Waals surface area contributed by atoms with Crippen LogP contribution in [0.5, 0.6) is 5.75 Å². The number of amides is 1. The predicted molar refractivity (Wildman–Crippen MR) is 140 cm³/mol.